The lowest BCUT2D eigenvalue weighted by Crippen LogP contribution is -2.37. The number of hydrogen-bond donors (Lipinski definition) is 4. The summed E-state index contributed by atoms with van der Waals surface area (Å²) in [6, 6.07) is 3.04. The molecule has 0 spiro atoms. The molecule has 1 saturated heterocycles. The van der Waals surface area contributed by atoms with Crippen LogP contribution >= 0.6 is 23.1 Å². The van der Waals surface area contributed by atoms with E-state index in [9.17, 15) is 18.6 Å². The molecule has 33 heavy (non-hydrogen) atoms. The molecule has 1 aliphatic heterocycles. The smallest absolute Gasteiger partial charge is 0.256 e. The fourth-order valence-corrected chi connectivity index (χ4v) is 7.33. The van der Waals surface area contributed by atoms with Crippen molar-refractivity contribution in [3.63, 3.8) is 0 Å². The van der Waals surface area contributed by atoms with Crippen LogP contribution in [0.1, 0.15) is 45.4 Å². The zero-order valence-corrected chi connectivity index (χ0v) is 20.9. The standard InChI is InChI=1S/C20H27N5O5S3/c1-20(2,3)16(14-7-5-9-30-14)22-18-17(23-32-24-18)21-13-11-31-19(15(13)27)33(28,29)25-8-4-6-12(25)10-26/h5,7,9,11-12,16,26-27H,4,6,8,10H2,1-3H3,(H,21,23)(H,22,24)/t12?,16-/m0/s1. The molecule has 4 rings (SSSR count). The van der Waals surface area contributed by atoms with Gasteiger partial charge in [0, 0.05) is 18.0 Å². The van der Waals surface area contributed by atoms with Crippen molar-refractivity contribution in [3.05, 3.63) is 29.5 Å². The highest BCUT2D eigenvalue weighted by atomic mass is 32.2. The fourth-order valence-electron chi connectivity index (χ4n) is 3.82. The van der Waals surface area contributed by atoms with E-state index in [2.05, 4.69) is 40.2 Å². The summed E-state index contributed by atoms with van der Waals surface area (Å²) in [4.78, 5) is 0. The lowest BCUT2D eigenvalue weighted by atomic mass is 9.85. The van der Waals surface area contributed by atoms with Crippen molar-refractivity contribution in [3.8, 4) is 5.75 Å². The molecule has 1 unspecified atom stereocenters. The fraction of sp³-hybridized carbons (Fsp3) is 0.500. The number of anilines is 3. The molecule has 3 aromatic rings. The molecule has 13 heteroatoms. The number of nitrogens with zero attached hydrogens (tertiary/aromatic N) is 3. The van der Waals surface area contributed by atoms with Gasteiger partial charge in [0.1, 0.15) is 5.76 Å². The van der Waals surface area contributed by atoms with Crippen LogP contribution in [0.5, 0.6) is 5.75 Å². The maximum atomic E-state index is 13.1. The minimum Gasteiger partial charge on any atom is -0.504 e. The molecule has 0 amide bonds. The summed E-state index contributed by atoms with van der Waals surface area (Å²) in [5, 5.41) is 28.1. The molecule has 3 aromatic heterocycles. The SMILES string of the molecule is CC(C)(C)[C@@H](Nc1nsnc1Nc1csc(S(=O)(=O)N2CCCC2CO)c1O)c1ccco1. The molecule has 1 aliphatic rings. The van der Waals surface area contributed by atoms with Crippen molar-refractivity contribution in [1.29, 1.82) is 0 Å². The summed E-state index contributed by atoms with van der Waals surface area (Å²) < 4.78 is 41.5. The second kappa shape index (κ2) is 9.22. The average Bonchev–Trinajstić information content (AvgIpc) is 3.54. The van der Waals surface area contributed by atoms with Crippen LogP contribution in [0.3, 0.4) is 0 Å². The van der Waals surface area contributed by atoms with E-state index in [1.54, 1.807) is 6.26 Å². The number of aromatic nitrogens is 2. The maximum Gasteiger partial charge on any atom is 0.256 e. The van der Waals surface area contributed by atoms with E-state index < -0.39 is 16.1 Å². The van der Waals surface area contributed by atoms with Crippen molar-refractivity contribution in [2.45, 2.75) is 49.9 Å². The number of nitrogens with one attached hydrogen (secondary N) is 2. The molecule has 0 aliphatic carbocycles. The molecule has 2 atom stereocenters. The normalized spacial score (nSPS) is 18.5. The van der Waals surface area contributed by atoms with Gasteiger partial charge in [-0.2, -0.15) is 13.1 Å². The first-order chi connectivity index (χ1) is 15.6. The summed E-state index contributed by atoms with van der Waals surface area (Å²) >= 11 is 1.91. The predicted octanol–water partition coefficient (Wildman–Crippen LogP) is 3.99. The number of hydrogen-bond acceptors (Lipinski definition) is 11. The first kappa shape index (κ1) is 24.0. The van der Waals surface area contributed by atoms with Crippen LogP contribution in [-0.4, -0.2) is 50.9 Å². The predicted molar refractivity (Wildman–Crippen MR) is 128 cm³/mol. The van der Waals surface area contributed by atoms with E-state index in [0.29, 0.717) is 31.0 Å². The van der Waals surface area contributed by atoms with Gasteiger partial charge in [-0.1, -0.05) is 20.8 Å². The van der Waals surface area contributed by atoms with E-state index in [4.69, 9.17) is 4.42 Å². The van der Waals surface area contributed by atoms with Crippen LogP contribution in [-0.2, 0) is 10.0 Å². The Morgan fingerprint density at radius 1 is 1.33 bits per heavy atom. The van der Waals surface area contributed by atoms with Gasteiger partial charge in [0.25, 0.3) is 10.0 Å². The Hall–Kier alpha value is -2.19. The number of aliphatic hydroxyl groups is 1. The minimum atomic E-state index is -3.93. The third-order valence-electron chi connectivity index (χ3n) is 5.53. The number of furan rings is 1. The summed E-state index contributed by atoms with van der Waals surface area (Å²) in [5.41, 5.74) is 0.0168. The molecular formula is C20H27N5O5S3. The van der Waals surface area contributed by atoms with Crippen molar-refractivity contribution in [1.82, 2.24) is 13.1 Å². The Labute approximate surface area is 200 Å². The molecule has 180 valence electrons. The topological polar surface area (TPSA) is 141 Å². The number of aromatic hydroxyl groups is 1. The highest BCUT2D eigenvalue weighted by Crippen LogP contribution is 2.43. The average molecular weight is 514 g/mol. The highest BCUT2D eigenvalue weighted by Gasteiger charge is 2.38. The van der Waals surface area contributed by atoms with Crippen molar-refractivity contribution in [2.24, 2.45) is 5.41 Å². The molecule has 0 radical (unpaired) electrons. The maximum absolute atomic E-state index is 13.1. The van der Waals surface area contributed by atoms with E-state index in [1.165, 1.54) is 9.69 Å². The second-order valence-corrected chi connectivity index (χ2v) is 12.4. The molecule has 1 fully saturated rings. The van der Waals surface area contributed by atoms with Gasteiger partial charge in [0.15, 0.2) is 21.6 Å². The Balaban J connectivity index is 1.57. The minimum absolute atomic E-state index is 0.161. The third kappa shape index (κ3) is 4.73. The number of thiophene rings is 1. The Bertz CT molecular complexity index is 1180. The van der Waals surface area contributed by atoms with Crippen molar-refractivity contribution >= 4 is 50.4 Å². The largest absolute Gasteiger partial charge is 0.504 e. The van der Waals surface area contributed by atoms with Crippen LogP contribution in [0.4, 0.5) is 17.3 Å². The van der Waals surface area contributed by atoms with Crippen molar-refractivity contribution in [2.75, 3.05) is 23.8 Å². The lowest BCUT2D eigenvalue weighted by Gasteiger charge is -2.30. The zero-order chi connectivity index (χ0) is 23.8. The van der Waals surface area contributed by atoms with E-state index >= 15 is 0 Å². The van der Waals surface area contributed by atoms with Crippen molar-refractivity contribution < 1.29 is 23.0 Å². The van der Waals surface area contributed by atoms with E-state index in [-0.39, 0.29) is 33.7 Å². The molecule has 10 nitrogen and oxygen atoms in total. The molecule has 4 heterocycles. The Morgan fingerprint density at radius 3 is 2.76 bits per heavy atom. The van der Waals surface area contributed by atoms with E-state index in [1.807, 2.05) is 12.1 Å². The molecular weight excluding hydrogens is 486 g/mol. The zero-order valence-electron chi connectivity index (χ0n) is 18.5. The molecule has 0 aromatic carbocycles. The van der Waals surface area contributed by atoms with Gasteiger partial charge >= 0.3 is 0 Å². The Kier molecular flexibility index (Phi) is 6.69. The summed E-state index contributed by atoms with van der Waals surface area (Å²) in [6.07, 6.45) is 2.88. The van der Waals surface area contributed by atoms with Gasteiger partial charge < -0.3 is 25.3 Å². The first-order valence-electron chi connectivity index (χ1n) is 10.5. The van der Waals surface area contributed by atoms with Gasteiger partial charge in [-0.15, -0.1) is 11.3 Å². The van der Waals surface area contributed by atoms with Gasteiger partial charge in [0.05, 0.1) is 36.3 Å². The van der Waals surface area contributed by atoms with Crippen LogP contribution in [0, 0.1) is 5.41 Å². The van der Waals surface area contributed by atoms with Crippen LogP contribution < -0.4 is 10.6 Å². The summed E-state index contributed by atoms with van der Waals surface area (Å²) in [5.74, 6) is 1.21. The third-order valence-corrected chi connectivity index (χ3v) is 9.50. The van der Waals surface area contributed by atoms with Crippen LogP contribution in [0.2, 0.25) is 0 Å². The van der Waals surface area contributed by atoms with Crippen LogP contribution in [0.25, 0.3) is 0 Å². The van der Waals surface area contributed by atoms with Crippen LogP contribution in [0.15, 0.2) is 32.4 Å². The monoisotopic (exact) mass is 513 g/mol. The van der Waals surface area contributed by atoms with Gasteiger partial charge in [0.2, 0.25) is 0 Å². The van der Waals surface area contributed by atoms with E-state index in [0.717, 1.165) is 28.8 Å². The lowest BCUT2D eigenvalue weighted by molar-refractivity contribution is 0.213. The summed E-state index contributed by atoms with van der Waals surface area (Å²) in [7, 11) is -3.93. The molecule has 0 bridgehead atoms. The highest BCUT2D eigenvalue weighted by molar-refractivity contribution is 7.91. The number of rotatable bonds is 8. The van der Waals surface area contributed by atoms with Gasteiger partial charge in [-0.25, -0.2) is 8.42 Å². The first-order valence-corrected chi connectivity index (χ1v) is 13.5. The molecule has 4 N–H and O–H groups in total. The van der Waals surface area contributed by atoms with Gasteiger partial charge in [-0.05, 0) is 30.4 Å². The summed E-state index contributed by atoms with van der Waals surface area (Å²) in [6.45, 7) is 6.28. The second-order valence-electron chi connectivity index (χ2n) is 8.93. The quantitative estimate of drug-likeness (QED) is 0.352. The Morgan fingerprint density at radius 2 is 2.09 bits per heavy atom. The van der Waals surface area contributed by atoms with Gasteiger partial charge in [-0.3, -0.25) is 0 Å². The number of aliphatic hydroxyl groups excluding tert-OH is 1. The number of sulfonamides is 1. The molecule has 0 saturated carbocycles.